The molecule has 4 nitrogen and oxygen atoms in total. The summed E-state index contributed by atoms with van der Waals surface area (Å²) >= 11 is 3.05. The van der Waals surface area contributed by atoms with Crippen molar-refractivity contribution in [2.24, 2.45) is 5.10 Å². The minimum atomic E-state index is 0.872. The number of hydrogen-bond acceptors (Lipinski definition) is 6. The summed E-state index contributed by atoms with van der Waals surface area (Å²) in [5.74, 6) is 0. The van der Waals surface area contributed by atoms with Crippen LogP contribution >= 0.6 is 22.9 Å². The highest BCUT2D eigenvalue weighted by Gasteiger charge is 2.07. The molecule has 0 spiro atoms. The molecule has 0 bridgehead atoms. The molecule has 3 rings (SSSR count). The molecule has 0 aliphatic heterocycles. The van der Waals surface area contributed by atoms with Crippen LogP contribution in [0.5, 0.6) is 0 Å². The maximum atomic E-state index is 4.42. The molecule has 2 heterocycles. The number of fused-ring (bicyclic) bond motifs is 1. The second-order valence-corrected chi connectivity index (χ2v) is 5.81. The van der Waals surface area contributed by atoms with Crippen molar-refractivity contribution in [3.63, 3.8) is 0 Å². The first-order chi connectivity index (χ1) is 9.25. The van der Waals surface area contributed by atoms with Gasteiger partial charge in [0.25, 0.3) is 0 Å². The van der Waals surface area contributed by atoms with E-state index in [1.54, 1.807) is 11.3 Å². The zero-order valence-corrected chi connectivity index (χ0v) is 12.2. The number of hydrazone groups is 1. The summed E-state index contributed by atoms with van der Waals surface area (Å²) in [5, 5.41) is 12.6. The van der Waals surface area contributed by atoms with Crippen molar-refractivity contribution in [3.8, 4) is 0 Å². The molecule has 0 aliphatic rings. The molecule has 1 N–H and O–H groups in total. The van der Waals surface area contributed by atoms with E-state index < -0.39 is 0 Å². The summed E-state index contributed by atoms with van der Waals surface area (Å²) in [6.45, 7) is 3.92. The van der Waals surface area contributed by atoms with Crippen LogP contribution < -0.4 is 5.43 Å². The highest BCUT2D eigenvalue weighted by molar-refractivity contribution is 7.17. The predicted molar refractivity (Wildman–Crippen MR) is 82.3 cm³/mol. The lowest BCUT2D eigenvalue weighted by Crippen LogP contribution is -1.98. The third kappa shape index (κ3) is 2.36. The smallest absolute Gasteiger partial charge is 0.153 e. The van der Waals surface area contributed by atoms with Gasteiger partial charge in [0.1, 0.15) is 0 Å². The molecule has 3 aromatic rings. The molecular weight excluding hydrogens is 276 g/mol. The minimum absolute atomic E-state index is 0.872. The van der Waals surface area contributed by atoms with Crippen molar-refractivity contribution in [2.45, 2.75) is 13.8 Å². The quantitative estimate of drug-likeness (QED) is 0.587. The normalized spacial score (nSPS) is 12.0. The number of rotatable bonds is 3. The van der Waals surface area contributed by atoms with Gasteiger partial charge in [0.05, 0.1) is 11.4 Å². The summed E-state index contributed by atoms with van der Waals surface area (Å²) < 4.78 is 5.15. The highest BCUT2D eigenvalue weighted by atomic mass is 32.1. The molecule has 0 fully saturated rings. The summed E-state index contributed by atoms with van der Waals surface area (Å²) in [5.41, 5.74) is 6.04. The van der Waals surface area contributed by atoms with E-state index in [0.717, 1.165) is 16.4 Å². The van der Waals surface area contributed by atoms with Gasteiger partial charge in [0.15, 0.2) is 5.00 Å². The standard InChI is InChI=1S/C13H12N4S2/c1-8(14-16-13-9(2)15-17-19-13)11-7-18-12-6-4-3-5-10(11)12/h3-7,16H,1-2H3/b14-8+. The van der Waals surface area contributed by atoms with Crippen molar-refractivity contribution >= 4 is 43.7 Å². The molecule has 96 valence electrons. The van der Waals surface area contributed by atoms with E-state index in [-0.39, 0.29) is 0 Å². The molecule has 1 aromatic carbocycles. The van der Waals surface area contributed by atoms with Gasteiger partial charge in [-0.2, -0.15) is 5.10 Å². The third-order valence-corrected chi connectivity index (χ3v) is 4.54. The predicted octanol–water partition coefficient (Wildman–Crippen LogP) is 3.90. The monoisotopic (exact) mass is 288 g/mol. The SMILES string of the molecule is C/C(=N\Nc1snnc1C)c1csc2ccccc12. The number of thiophene rings is 1. The van der Waals surface area contributed by atoms with Gasteiger partial charge in [-0.05, 0) is 19.9 Å². The number of nitrogens with zero attached hydrogens (tertiary/aromatic N) is 3. The van der Waals surface area contributed by atoms with Crippen LogP contribution in [-0.2, 0) is 0 Å². The molecule has 19 heavy (non-hydrogen) atoms. The Kier molecular flexibility index (Phi) is 3.27. The van der Waals surface area contributed by atoms with Crippen molar-refractivity contribution in [3.05, 3.63) is 40.9 Å². The van der Waals surface area contributed by atoms with Gasteiger partial charge >= 0.3 is 0 Å². The van der Waals surface area contributed by atoms with Crippen molar-refractivity contribution < 1.29 is 0 Å². The van der Waals surface area contributed by atoms with Crippen molar-refractivity contribution in [2.75, 3.05) is 5.43 Å². The Morgan fingerprint density at radius 3 is 2.95 bits per heavy atom. The molecule has 0 saturated heterocycles. The lowest BCUT2D eigenvalue weighted by Gasteiger charge is -2.00. The highest BCUT2D eigenvalue weighted by Crippen LogP contribution is 2.26. The maximum absolute atomic E-state index is 4.42. The Morgan fingerprint density at radius 1 is 1.32 bits per heavy atom. The van der Waals surface area contributed by atoms with E-state index in [2.05, 4.69) is 49.8 Å². The van der Waals surface area contributed by atoms with Crippen LogP contribution in [0.1, 0.15) is 18.2 Å². The molecule has 0 unspecified atom stereocenters. The summed E-state index contributed by atoms with van der Waals surface area (Å²) in [6.07, 6.45) is 0. The van der Waals surface area contributed by atoms with Gasteiger partial charge in [-0.3, -0.25) is 5.43 Å². The van der Waals surface area contributed by atoms with E-state index in [9.17, 15) is 0 Å². The largest absolute Gasteiger partial charge is 0.265 e. The fraction of sp³-hybridized carbons (Fsp3) is 0.154. The average Bonchev–Trinajstić information content (AvgIpc) is 3.02. The lowest BCUT2D eigenvalue weighted by molar-refractivity contribution is 1.09. The molecular formula is C13H12N4S2. The minimum Gasteiger partial charge on any atom is -0.265 e. The van der Waals surface area contributed by atoms with E-state index in [1.165, 1.54) is 27.2 Å². The van der Waals surface area contributed by atoms with Gasteiger partial charge in [-0.15, -0.1) is 16.4 Å². The van der Waals surface area contributed by atoms with Crippen LogP contribution in [0.15, 0.2) is 34.7 Å². The first kappa shape index (κ1) is 12.3. The Balaban J connectivity index is 1.91. The van der Waals surface area contributed by atoms with Crippen LogP contribution in [-0.4, -0.2) is 15.3 Å². The second kappa shape index (κ2) is 5.07. The first-order valence-electron chi connectivity index (χ1n) is 5.81. The molecule has 0 amide bonds. The van der Waals surface area contributed by atoms with Gasteiger partial charge in [0.2, 0.25) is 0 Å². The van der Waals surface area contributed by atoms with Gasteiger partial charge in [-0.25, -0.2) is 0 Å². The molecule has 0 aliphatic carbocycles. The molecule has 6 heteroatoms. The van der Waals surface area contributed by atoms with E-state index in [0.29, 0.717) is 0 Å². The fourth-order valence-electron chi connectivity index (χ4n) is 1.79. The number of benzene rings is 1. The molecule has 0 radical (unpaired) electrons. The molecule has 0 atom stereocenters. The first-order valence-corrected chi connectivity index (χ1v) is 7.47. The van der Waals surface area contributed by atoms with Gasteiger partial charge in [0, 0.05) is 32.6 Å². The van der Waals surface area contributed by atoms with E-state index in [1.807, 2.05) is 13.8 Å². The van der Waals surface area contributed by atoms with Crippen LogP contribution in [0.25, 0.3) is 10.1 Å². The topological polar surface area (TPSA) is 50.2 Å². The summed E-state index contributed by atoms with van der Waals surface area (Å²) in [4.78, 5) is 0. The number of anilines is 1. The van der Waals surface area contributed by atoms with Crippen LogP contribution in [0.4, 0.5) is 5.00 Å². The number of nitrogens with one attached hydrogen (secondary N) is 1. The molecule has 0 saturated carbocycles. The Labute approximate surface area is 119 Å². The van der Waals surface area contributed by atoms with Gasteiger partial charge in [-0.1, -0.05) is 22.7 Å². The zero-order valence-electron chi connectivity index (χ0n) is 10.5. The van der Waals surface area contributed by atoms with Crippen LogP contribution in [0.2, 0.25) is 0 Å². The summed E-state index contributed by atoms with van der Waals surface area (Å²) in [6, 6.07) is 8.36. The number of aryl methyl sites for hydroxylation is 1. The fourth-order valence-corrected chi connectivity index (χ4v) is 3.30. The van der Waals surface area contributed by atoms with E-state index >= 15 is 0 Å². The Bertz CT molecular complexity index is 742. The van der Waals surface area contributed by atoms with Crippen molar-refractivity contribution in [1.29, 1.82) is 0 Å². The number of aromatic nitrogens is 2. The third-order valence-electron chi connectivity index (χ3n) is 2.85. The van der Waals surface area contributed by atoms with Crippen LogP contribution in [0, 0.1) is 6.92 Å². The van der Waals surface area contributed by atoms with E-state index in [4.69, 9.17) is 0 Å². The van der Waals surface area contributed by atoms with Crippen molar-refractivity contribution in [1.82, 2.24) is 9.59 Å². The lowest BCUT2D eigenvalue weighted by atomic mass is 10.1. The maximum Gasteiger partial charge on any atom is 0.153 e. The molecule has 2 aromatic heterocycles. The average molecular weight is 288 g/mol. The summed E-state index contributed by atoms with van der Waals surface area (Å²) in [7, 11) is 0. The second-order valence-electron chi connectivity index (χ2n) is 4.14. The Hall–Kier alpha value is -1.79. The van der Waals surface area contributed by atoms with Gasteiger partial charge < -0.3 is 0 Å². The Morgan fingerprint density at radius 2 is 2.16 bits per heavy atom. The van der Waals surface area contributed by atoms with Crippen LogP contribution in [0.3, 0.4) is 0 Å². The zero-order chi connectivity index (χ0) is 13.2. The number of hydrogen-bond donors (Lipinski definition) is 1.